The highest BCUT2D eigenvalue weighted by Crippen LogP contribution is 2.41. The molecule has 4 heteroatoms. The normalized spacial score (nSPS) is 13.4. The molecule has 41 heavy (non-hydrogen) atoms. The molecular formula is C37H33N3O. The number of aryl methyl sites for hydroxylation is 1. The lowest BCUT2D eigenvalue weighted by Gasteiger charge is -2.22. The quantitative estimate of drug-likeness (QED) is 0.219. The second kappa shape index (κ2) is 9.74. The molecule has 0 saturated heterocycles. The van der Waals surface area contributed by atoms with Gasteiger partial charge in [-0.1, -0.05) is 100.0 Å². The van der Waals surface area contributed by atoms with Crippen molar-refractivity contribution in [3.63, 3.8) is 0 Å². The summed E-state index contributed by atoms with van der Waals surface area (Å²) in [5.74, 6) is 1.46. The van der Waals surface area contributed by atoms with Crippen LogP contribution in [-0.2, 0) is 0 Å². The molecule has 0 saturated carbocycles. The Kier molecular flexibility index (Phi) is 5.24. The minimum absolute atomic E-state index is 0.304. The zero-order valence-corrected chi connectivity index (χ0v) is 23.6. The number of pyridine rings is 1. The van der Waals surface area contributed by atoms with Crippen molar-refractivity contribution in [1.29, 1.82) is 0 Å². The number of rotatable bonds is 5. The summed E-state index contributed by atoms with van der Waals surface area (Å²) in [5.41, 5.74) is 9.69. The highest BCUT2D eigenvalue weighted by atomic mass is 16.3. The summed E-state index contributed by atoms with van der Waals surface area (Å²) in [5, 5.41) is 1.88. The van der Waals surface area contributed by atoms with Crippen molar-refractivity contribution in [3.05, 3.63) is 114 Å². The molecule has 0 radical (unpaired) electrons. The van der Waals surface area contributed by atoms with Crippen molar-refractivity contribution in [2.24, 2.45) is 0 Å². The number of furan rings is 1. The van der Waals surface area contributed by atoms with Gasteiger partial charge in [0.05, 0.1) is 28.0 Å². The summed E-state index contributed by atoms with van der Waals surface area (Å²) < 4.78 is 31.9. The van der Waals surface area contributed by atoms with E-state index in [1.165, 1.54) is 16.8 Å². The van der Waals surface area contributed by atoms with Crippen molar-refractivity contribution in [3.8, 4) is 28.3 Å². The van der Waals surface area contributed by atoms with Crippen LogP contribution in [0.2, 0.25) is 0 Å². The number of hydrogen-bond acceptors (Lipinski definition) is 3. The lowest BCUT2D eigenvalue weighted by molar-refractivity contribution is 0.655. The largest absolute Gasteiger partial charge is 0.437 e. The minimum atomic E-state index is -2.15. The fourth-order valence-electron chi connectivity index (χ4n) is 5.86. The molecule has 3 heterocycles. The van der Waals surface area contributed by atoms with E-state index < -0.39 is 6.85 Å². The molecule has 0 unspecified atom stereocenters. The maximum atomic E-state index is 7.68. The third kappa shape index (κ3) is 4.13. The third-order valence-corrected chi connectivity index (χ3v) is 7.91. The number of imidazole rings is 1. The Hall–Kier alpha value is -4.70. The number of fused-ring (bicyclic) bond motifs is 4. The Labute approximate surface area is 244 Å². The van der Waals surface area contributed by atoms with Crippen LogP contribution < -0.4 is 0 Å². The van der Waals surface area contributed by atoms with Crippen molar-refractivity contribution in [2.75, 3.05) is 0 Å². The Morgan fingerprint density at radius 1 is 0.707 bits per heavy atom. The third-order valence-electron chi connectivity index (χ3n) is 7.91. The van der Waals surface area contributed by atoms with E-state index in [4.69, 9.17) is 18.5 Å². The second-order valence-electron chi connectivity index (χ2n) is 11.3. The Balaban J connectivity index is 1.46. The molecule has 4 nitrogen and oxygen atoms in total. The molecule has 0 amide bonds. The molecular weight excluding hydrogens is 502 g/mol. The first kappa shape index (κ1) is 22.0. The summed E-state index contributed by atoms with van der Waals surface area (Å²) in [6.45, 7) is 6.81. The predicted octanol–water partition coefficient (Wildman–Crippen LogP) is 10.2. The van der Waals surface area contributed by atoms with Crippen LogP contribution in [0.3, 0.4) is 0 Å². The summed E-state index contributed by atoms with van der Waals surface area (Å²) in [4.78, 5) is 10.1. The Morgan fingerprint density at radius 2 is 1.44 bits per heavy atom. The Morgan fingerprint density at radius 3 is 2.17 bits per heavy atom. The number of hydrogen-bond donors (Lipinski definition) is 0. The molecule has 202 valence electrons. The average Bonchev–Trinajstić information content (AvgIpc) is 3.58. The fourth-order valence-corrected chi connectivity index (χ4v) is 5.86. The molecule has 3 aromatic heterocycles. The topological polar surface area (TPSA) is 43.9 Å². The summed E-state index contributed by atoms with van der Waals surface area (Å²) in [6.07, 6.45) is 0. The molecule has 4 aromatic carbocycles. The van der Waals surface area contributed by atoms with E-state index in [9.17, 15) is 0 Å². The van der Waals surface area contributed by atoms with Gasteiger partial charge in [0.2, 0.25) is 5.71 Å². The monoisotopic (exact) mass is 538 g/mol. The fraction of sp³-hybridized carbons (Fsp3) is 0.189. The first-order chi connectivity index (χ1) is 21.1. The van der Waals surface area contributed by atoms with Crippen LogP contribution in [-0.4, -0.2) is 14.5 Å². The zero-order chi connectivity index (χ0) is 30.7. The van der Waals surface area contributed by atoms with Crippen molar-refractivity contribution in [1.82, 2.24) is 14.5 Å². The van der Waals surface area contributed by atoms with Crippen LogP contribution >= 0.6 is 0 Å². The second-order valence-corrected chi connectivity index (χ2v) is 11.3. The van der Waals surface area contributed by atoms with E-state index in [0.717, 1.165) is 50.0 Å². The number of nitrogens with zero attached hydrogens (tertiary/aromatic N) is 3. The number of para-hydroxylation sites is 4. The Bertz CT molecular complexity index is 2140. The molecule has 0 aliphatic heterocycles. The molecule has 0 atom stereocenters. The highest BCUT2D eigenvalue weighted by Gasteiger charge is 2.24. The smallest absolute Gasteiger partial charge is 0.227 e. The predicted molar refractivity (Wildman–Crippen MR) is 170 cm³/mol. The lowest BCUT2D eigenvalue weighted by Crippen LogP contribution is -2.08. The van der Waals surface area contributed by atoms with Crippen LogP contribution in [0.15, 0.2) is 101 Å². The molecule has 0 spiro atoms. The van der Waals surface area contributed by atoms with Gasteiger partial charge in [0.1, 0.15) is 11.4 Å². The van der Waals surface area contributed by atoms with Gasteiger partial charge in [-0.15, -0.1) is 0 Å². The van der Waals surface area contributed by atoms with Crippen molar-refractivity contribution in [2.45, 2.75) is 46.4 Å². The van der Waals surface area contributed by atoms with Gasteiger partial charge in [-0.25, -0.2) is 9.97 Å². The molecule has 0 fully saturated rings. The van der Waals surface area contributed by atoms with Gasteiger partial charge in [0, 0.05) is 20.4 Å². The summed E-state index contributed by atoms with van der Waals surface area (Å²) in [6, 6.07) is 31.9. The summed E-state index contributed by atoms with van der Waals surface area (Å²) in [7, 11) is 0. The molecule has 0 N–H and O–H groups in total. The SMILES string of the molecule is [2H]C([2H])([2H])c1ccc(-c2ccc3c(n2)oc2c(-c4nc5ccccc5n4-c4c(C(C)C)cccc4C(C)C)cccc23)cc1. The van der Waals surface area contributed by atoms with Crippen molar-refractivity contribution < 1.29 is 8.53 Å². The van der Waals surface area contributed by atoms with Gasteiger partial charge >= 0.3 is 0 Å². The minimum Gasteiger partial charge on any atom is -0.437 e. The van der Waals surface area contributed by atoms with Gasteiger partial charge in [0.15, 0.2) is 0 Å². The first-order valence-electron chi connectivity index (χ1n) is 15.7. The van der Waals surface area contributed by atoms with Gasteiger partial charge in [-0.05, 0) is 60.1 Å². The van der Waals surface area contributed by atoms with Crippen LogP contribution in [0.4, 0.5) is 0 Å². The van der Waals surface area contributed by atoms with Gasteiger partial charge in [-0.2, -0.15) is 0 Å². The van der Waals surface area contributed by atoms with E-state index in [-0.39, 0.29) is 0 Å². The first-order valence-corrected chi connectivity index (χ1v) is 14.2. The molecule has 0 aliphatic rings. The van der Waals surface area contributed by atoms with E-state index in [0.29, 0.717) is 23.1 Å². The van der Waals surface area contributed by atoms with Gasteiger partial charge < -0.3 is 4.42 Å². The number of aromatic nitrogens is 3. The number of benzene rings is 4. The van der Waals surface area contributed by atoms with E-state index >= 15 is 0 Å². The van der Waals surface area contributed by atoms with Gasteiger partial charge in [0.25, 0.3) is 0 Å². The molecule has 7 rings (SSSR count). The molecule has 0 bridgehead atoms. The lowest BCUT2D eigenvalue weighted by atomic mass is 9.92. The van der Waals surface area contributed by atoms with Crippen LogP contribution in [0.1, 0.15) is 60.3 Å². The van der Waals surface area contributed by atoms with Gasteiger partial charge in [-0.3, -0.25) is 4.57 Å². The standard InChI is InChI=1S/C37H33N3O/c1-22(2)26-10-8-11-27(23(3)4)34(26)40-33-15-7-6-14-32(33)38-36(40)30-13-9-12-28-29-20-21-31(39-37(29)41-35(28)30)25-18-16-24(5)17-19-25/h6-23H,1-5H3/i5D3. The van der Waals surface area contributed by atoms with Crippen LogP contribution in [0.5, 0.6) is 0 Å². The highest BCUT2D eigenvalue weighted by molar-refractivity contribution is 6.09. The average molecular weight is 539 g/mol. The maximum absolute atomic E-state index is 7.68. The van der Waals surface area contributed by atoms with Crippen LogP contribution in [0.25, 0.3) is 61.4 Å². The van der Waals surface area contributed by atoms with E-state index in [1.807, 2.05) is 18.2 Å². The van der Waals surface area contributed by atoms with E-state index in [2.05, 4.69) is 86.9 Å². The van der Waals surface area contributed by atoms with E-state index in [1.54, 1.807) is 24.3 Å². The maximum Gasteiger partial charge on any atom is 0.227 e. The van der Waals surface area contributed by atoms with Crippen LogP contribution in [0, 0.1) is 6.85 Å². The summed E-state index contributed by atoms with van der Waals surface area (Å²) >= 11 is 0. The molecule has 0 aliphatic carbocycles. The molecule has 7 aromatic rings. The van der Waals surface area contributed by atoms with Crippen molar-refractivity contribution >= 4 is 33.1 Å². The zero-order valence-electron chi connectivity index (χ0n) is 26.6.